The number of benzene rings is 2. The van der Waals surface area contributed by atoms with E-state index in [4.69, 9.17) is 5.11 Å². The third kappa shape index (κ3) is 6.20. The molecule has 2 aliphatic rings. The molecule has 0 spiro atoms. The van der Waals surface area contributed by atoms with Gasteiger partial charge in [0.25, 0.3) is 0 Å². The van der Waals surface area contributed by atoms with E-state index in [1.807, 2.05) is 24.3 Å². The molecule has 2 heterocycles. The molecule has 2 aliphatic heterocycles. The number of nitrogens with zero attached hydrogens (tertiary/aromatic N) is 2. The number of aliphatic hydroxyl groups is 2. The van der Waals surface area contributed by atoms with Crippen LogP contribution >= 0.6 is 12.4 Å². The standard InChI is InChI=1S/C26H36N2O4S.ClH/c29-18-14-21-12-16-27(17-13-21)19-22-8-10-23(11-9-22)25-6-1-2-7-26(25)33(31,32)28-15-4-3-5-24(28)20-30;/h1-2,6-11,21,24,29-30H,3-5,12-20H2;1H/t24-;/m1./s1. The van der Waals surface area contributed by atoms with Gasteiger partial charge in [-0.25, -0.2) is 8.42 Å². The maximum absolute atomic E-state index is 13.5. The largest absolute Gasteiger partial charge is 0.396 e. The molecule has 0 aliphatic carbocycles. The van der Waals surface area contributed by atoms with E-state index in [0.29, 0.717) is 29.3 Å². The molecule has 34 heavy (non-hydrogen) atoms. The van der Waals surface area contributed by atoms with Gasteiger partial charge in [0.15, 0.2) is 0 Å². The highest BCUT2D eigenvalue weighted by Crippen LogP contribution is 2.33. The van der Waals surface area contributed by atoms with Crippen molar-refractivity contribution in [1.29, 1.82) is 0 Å². The SMILES string of the molecule is Cl.O=S(=O)(c1ccccc1-c1ccc(CN2CCC(CCO)CC2)cc1)N1CCCC[C@@H]1CO. The van der Waals surface area contributed by atoms with Crippen LogP contribution in [0, 0.1) is 5.92 Å². The number of hydrogen-bond acceptors (Lipinski definition) is 5. The second-order valence-electron chi connectivity index (χ2n) is 9.37. The van der Waals surface area contributed by atoms with Gasteiger partial charge in [0.2, 0.25) is 10.0 Å². The summed E-state index contributed by atoms with van der Waals surface area (Å²) in [5, 5.41) is 18.9. The lowest BCUT2D eigenvalue weighted by Gasteiger charge is -2.34. The van der Waals surface area contributed by atoms with Gasteiger partial charge in [0.1, 0.15) is 0 Å². The Kier molecular flexibility index (Phi) is 9.95. The topological polar surface area (TPSA) is 81.1 Å². The molecule has 188 valence electrons. The van der Waals surface area contributed by atoms with E-state index < -0.39 is 10.0 Å². The number of likely N-dealkylation sites (tertiary alicyclic amines) is 1. The fourth-order valence-corrected chi connectivity index (χ4v) is 7.09. The van der Waals surface area contributed by atoms with Crippen LogP contribution < -0.4 is 0 Å². The summed E-state index contributed by atoms with van der Waals surface area (Å²) < 4.78 is 28.6. The van der Waals surface area contributed by atoms with Crippen LogP contribution in [0.1, 0.15) is 44.1 Å². The van der Waals surface area contributed by atoms with Crippen LogP contribution in [-0.2, 0) is 16.6 Å². The van der Waals surface area contributed by atoms with E-state index in [2.05, 4.69) is 17.0 Å². The van der Waals surface area contributed by atoms with Crippen LogP contribution in [0.3, 0.4) is 0 Å². The highest BCUT2D eigenvalue weighted by Gasteiger charge is 2.34. The van der Waals surface area contributed by atoms with Gasteiger partial charge in [-0.3, -0.25) is 4.90 Å². The van der Waals surface area contributed by atoms with E-state index in [9.17, 15) is 13.5 Å². The molecule has 0 amide bonds. The van der Waals surface area contributed by atoms with Gasteiger partial charge in [0.05, 0.1) is 11.5 Å². The van der Waals surface area contributed by atoms with Crippen molar-refractivity contribution in [3.05, 3.63) is 54.1 Å². The van der Waals surface area contributed by atoms with Crippen LogP contribution in [0.15, 0.2) is 53.4 Å². The second-order valence-corrected chi connectivity index (χ2v) is 11.2. The maximum Gasteiger partial charge on any atom is 0.244 e. The van der Waals surface area contributed by atoms with E-state index in [-0.39, 0.29) is 31.7 Å². The summed E-state index contributed by atoms with van der Waals surface area (Å²) >= 11 is 0. The molecule has 2 N–H and O–H groups in total. The van der Waals surface area contributed by atoms with Gasteiger partial charge in [-0.1, -0.05) is 48.9 Å². The number of aliphatic hydroxyl groups excluding tert-OH is 2. The van der Waals surface area contributed by atoms with Gasteiger partial charge >= 0.3 is 0 Å². The normalized spacial score (nSPS) is 20.7. The Labute approximate surface area is 210 Å². The van der Waals surface area contributed by atoms with Gasteiger partial charge in [0, 0.05) is 31.3 Å². The molecule has 8 heteroatoms. The first-order chi connectivity index (χ1) is 16.0. The Morgan fingerprint density at radius 2 is 1.59 bits per heavy atom. The third-order valence-corrected chi connectivity index (χ3v) is 9.18. The fraction of sp³-hybridized carbons (Fsp3) is 0.538. The van der Waals surface area contributed by atoms with Gasteiger partial charge < -0.3 is 10.2 Å². The Bertz CT molecular complexity index is 1010. The number of rotatable bonds is 8. The quantitative estimate of drug-likeness (QED) is 0.565. The van der Waals surface area contributed by atoms with Crippen molar-refractivity contribution in [2.75, 3.05) is 32.8 Å². The van der Waals surface area contributed by atoms with Gasteiger partial charge in [-0.15, -0.1) is 12.4 Å². The molecule has 0 radical (unpaired) electrons. The molecule has 1 atom stereocenters. The molecule has 0 aromatic heterocycles. The highest BCUT2D eigenvalue weighted by molar-refractivity contribution is 7.89. The van der Waals surface area contributed by atoms with Crippen molar-refractivity contribution in [1.82, 2.24) is 9.21 Å². The average molecular weight is 509 g/mol. The Balaban J connectivity index is 0.00000324. The monoisotopic (exact) mass is 508 g/mol. The van der Waals surface area contributed by atoms with E-state index in [1.165, 1.54) is 9.87 Å². The first-order valence-corrected chi connectivity index (χ1v) is 13.6. The molecule has 2 saturated heterocycles. The minimum Gasteiger partial charge on any atom is -0.396 e. The molecular weight excluding hydrogens is 472 g/mol. The van der Waals surface area contributed by atoms with E-state index >= 15 is 0 Å². The van der Waals surface area contributed by atoms with E-state index in [1.54, 1.807) is 12.1 Å². The summed E-state index contributed by atoms with van der Waals surface area (Å²) in [5.41, 5.74) is 2.81. The first kappa shape index (κ1) is 27.1. The minimum atomic E-state index is -3.70. The summed E-state index contributed by atoms with van der Waals surface area (Å²) in [5.74, 6) is 0.636. The summed E-state index contributed by atoms with van der Waals surface area (Å²) in [7, 11) is -3.70. The summed E-state index contributed by atoms with van der Waals surface area (Å²) in [6.45, 7) is 3.58. The summed E-state index contributed by atoms with van der Waals surface area (Å²) in [4.78, 5) is 2.76. The number of sulfonamides is 1. The Morgan fingerprint density at radius 1 is 0.882 bits per heavy atom. The molecule has 4 rings (SSSR count). The zero-order chi connectivity index (χ0) is 23.3. The minimum absolute atomic E-state index is 0. The lowest BCUT2D eigenvalue weighted by Crippen LogP contribution is -2.45. The summed E-state index contributed by atoms with van der Waals surface area (Å²) in [6.07, 6.45) is 5.64. The molecule has 2 aromatic rings. The molecule has 6 nitrogen and oxygen atoms in total. The van der Waals surface area contributed by atoms with Crippen molar-refractivity contribution in [2.45, 2.75) is 56.0 Å². The zero-order valence-electron chi connectivity index (χ0n) is 19.7. The smallest absolute Gasteiger partial charge is 0.244 e. The zero-order valence-corrected chi connectivity index (χ0v) is 21.3. The second kappa shape index (κ2) is 12.5. The lowest BCUT2D eigenvalue weighted by atomic mass is 9.93. The maximum atomic E-state index is 13.5. The van der Waals surface area contributed by atoms with Crippen LogP contribution in [0.5, 0.6) is 0 Å². The average Bonchev–Trinajstić information content (AvgIpc) is 2.86. The molecule has 2 fully saturated rings. The van der Waals surface area contributed by atoms with E-state index in [0.717, 1.165) is 57.3 Å². The van der Waals surface area contributed by atoms with Crippen molar-refractivity contribution < 1.29 is 18.6 Å². The van der Waals surface area contributed by atoms with Crippen molar-refractivity contribution in [3.8, 4) is 11.1 Å². The Hall–Kier alpha value is -1.48. The molecular formula is C26H37ClN2O4S. The van der Waals surface area contributed by atoms with Crippen LogP contribution in [0.4, 0.5) is 0 Å². The van der Waals surface area contributed by atoms with Gasteiger partial charge in [-0.05, 0) is 68.3 Å². The predicted octanol–water partition coefficient (Wildman–Crippen LogP) is 3.91. The number of hydrogen-bond donors (Lipinski definition) is 2. The van der Waals surface area contributed by atoms with Crippen LogP contribution in [0.2, 0.25) is 0 Å². The molecule has 0 saturated carbocycles. The van der Waals surface area contributed by atoms with Gasteiger partial charge in [-0.2, -0.15) is 4.31 Å². The fourth-order valence-electron chi connectivity index (χ4n) is 5.19. The molecule has 0 bridgehead atoms. The van der Waals surface area contributed by atoms with Crippen molar-refractivity contribution in [2.24, 2.45) is 5.92 Å². The Morgan fingerprint density at radius 3 is 2.26 bits per heavy atom. The summed E-state index contributed by atoms with van der Waals surface area (Å²) in [6, 6.07) is 15.1. The van der Waals surface area contributed by atoms with Crippen molar-refractivity contribution in [3.63, 3.8) is 0 Å². The van der Waals surface area contributed by atoms with Crippen molar-refractivity contribution >= 4 is 22.4 Å². The first-order valence-electron chi connectivity index (χ1n) is 12.2. The third-order valence-electron chi connectivity index (χ3n) is 7.17. The molecule has 2 aromatic carbocycles. The van der Waals surface area contributed by atoms with Crippen LogP contribution in [0.25, 0.3) is 11.1 Å². The molecule has 0 unspecified atom stereocenters. The predicted molar refractivity (Wildman–Crippen MR) is 137 cm³/mol. The lowest BCUT2D eigenvalue weighted by molar-refractivity contribution is 0.153. The van der Waals surface area contributed by atoms with Crippen LogP contribution in [-0.4, -0.2) is 66.7 Å². The highest BCUT2D eigenvalue weighted by atomic mass is 35.5. The number of piperidine rings is 2. The number of halogens is 1.